The summed E-state index contributed by atoms with van der Waals surface area (Å²) in [7, 11) is -3.77. The molecule has 5 nitrogen and oxygen atoms in total. The van der Waals surface area contributed by atoms with E-state index >= 15 is 0 Å². The van der Waals surface area contributed by atoms with Crippen molar-refractivity contribution in [3.8, 4) is 0 Å². The number of thiophene rings is 1. The van der Waals surface area contributed by atoms with Gasteiger partial charge in [-0.25, -0.2) is 13.2 Å². The first-order valence-corrected chi connectivity index (χ1v) is 8.08. The van der Waals surface area contributed by atoms with Crippen LogP contribution in [-0.2, 0) is 10.0 Å². The van der Waals surface area contributed by atoms with E-state index in [1.807, 2.05) is 32.0 Å². The molecule has 1 heterocycles. The Morgan fingerprint density at radius 3 is 2.35 bits per heavy atom. The average molecular weight is 311 g/mol. The van der Waals surface area contributed by atoms with Crippen molar-refractivity contribution in [2.75, 3.05) is 4.72 Å². The first-order valence-electron chi connectivity index (χ1n) is 5.72. The van der Waals surface area contributed by atoms with Crippen LogP contribution in [0.15, 0.2) is 33.9 Å². The van der Waals surface area contributed by atoms with Crippen LogP contribution in [0.25, 0.3) is 0 Å². The molecule has 0 saturated heterocycles. The third-order valence-electron chi connectivity index (χ3n) is 2.80. The third kappa shape index (κ3) is 2.83. The monoisotopic (exact) mass is 311 g/mol. The lowest BCUT2D eigenvalue weighted by Crippen LogP contribution is -2.13. The second-order valence-electron chi connectivity index (χ2n) is 4.33. The Hall–Kier alpha value is -1.86. The molecular weight excluding hydrogens is 298 g/mol. The van der Waals surface area contributed by atoms with E-state index in [9.17, 15) is 13.2 Å². The van der Waals surface area contributed by atoms with Crippen molar-refractivity contribution in [2.24, 2.45) is 0 Å². The molecule has 106 valence electrons. The number of aryl methyl sites for hydroxylation is 2. The molecule has 2 N–H and O–H groups in total. The van der Waals surface area contributed by atoms with Gasteiger partial charge in [-0.3, -0.25) is 4.72 Å². The van der Waals surface area contributed by atoms with Crippen molar-refractivity contribution in [3.05, 3.63) is 46.3 Å². The fourth-order valence-electron chi connectivity index (χ4n) is 1.73. The first-order chi connectivity index (χ1) is 9.31. The molecular formula is C13H13NO4S2. The minimum absolute atomic E-state index is 0.0162. The van der Waals surface area contributed by atoms with Crippen LogP contribution in [0, 0.1) is 13.8 Å². The van der Waals surface area contributed by atoms with Crippen LogP contribution in [0.2, 0.25) is 0 Å². The van der Waals surface area contributed by atoms with Gasteiger partial charge in [0.05, 0.1) is 11.3 Å². The quantitative estimate of drug-likeness (QED) is 0.909. The molecule has 0 saturated carbocycles. The van der Waals surface area contributed by atoms with Gasteiger partial charge in [-0.05, 0) is 31.0 Å². The smallest absolute Gasteiger partial charge is 0.336 e. The summed E-state index contributed by atoms with van der Waals surface area (Å²) in [6, 6.07) is 6.61. The molecule has 20 heavy (non-hydrogen) atoms. The summed E-state index contributed by atoms with van der Waals surface area (Å²) in [5.74, 6) is -1.14. The summed E-state index contributed by atoms with van der Waals surface area (Å²) in [6.45, 7) is 3.61. The largest absolute Gasteiger partial charge is 0.478 e. The highest BCUT2D eigenvalue weighted by atomic mass is 32.2. The number of carbonyl (C=O) groups is 1. The summed E-state index contributed by atoms with van der Waals surface area (Å²) in [4.78, 5) is 10.8. The number of para-hydroxylation sites is 1. The summed E-state index contributed by atoms with van der Waals surface area (Å²) in [5, 5.41) is 10.1. The molecule has 0 aliphatic rings. The van der Waals surface area contributed by atoms with Crippen LogP contribution < -0.4 is 4.72 Å². The number of carboxylic acids is 1. The van der Waals surface area contributed by atoms with E-state index in [0.717, 1.165) is 28.5 Å². The Labute approximate surface area is 120 Å². The number of nitrogens with one attached hydrogen (secondary N) is 1. The number of rotatable bonds is 4. The zero-order valence-electron chi connectivity index (χ0n) is 10.9. The maximum atomic E-state index is 12.2. The van der Waals surface area contributed by atoms with Crippen LogP contribution in [0.5, 0.6) is 0 Å². The Kier molecular flexibility index (Phi) is 3.82. The lowest BCUT2D eigenvalue weighted by molar-refractivity contribution is 0.0697. The van der Waals surface area contributed by atoms with Crippen molar-refractivity contribution >= 4 is 33.0 Å². The summed E-state index contributed by atoms with van der Waals surface area (Å²) >= 11 is 0.884. The van der Waals surface area contributed by atoms with E-state index in [2.05, 4.69) is 4.72 Å². The number of hydrogen-bond donors (Lipinski definition) is 2. The van der Waals surface area contributed by atoms with Crippen molar-refractivity contribution in [3.63, 3.8) is 0 Å². The predicted molar refractivity (Wildman–Crippen MR) is 78.0 cm³/mol. The number of carboxylic acid groups (broad SMARTS) is 1. The van der Waals surface area contributed by atoms with Crippen LogP contribution in [0.1, 0.15) is 21.5 Å². The van der Waals surface area contributed by atoms with Crippen LogP contribution in [0.3, 0.4) is 0 Å². The topological polar surface area (TPSA) is 83.5 Å². The average Bonchev–Trinajstić information content (AvgIpc) is 2.84. The summed E-state index contributed by atoms with van der Waals surface area (Å²) < 4.78 is 27.0. The number of benzene rings is 1. The van der Waals surface area contributed by atoms with E-state index in [0.29, 0.717) is 5.69 Å². The Morgan fingerprint density at radius 2 is 1.85 bits per heavy atom. The number of aromatic carboxylic acids is 1. The van der Waals surface area contributed by atoms with Crippen LogP contribution >= 0.6 is 11.3 Å². The van der Waals surface area contributed by atoms with Crippen LogP contribution in [-0.4, -0.2) is 19.5 Å². The van der Waals surface area contributed by atoms with E-state index in [-0.39, 0.29) is 9.77 Å². The van der Waals surface area contributed by atoms with E-state index in [1.54, 1.807) is 0 Å². The Morgan fingerprint density at radius 1 is 1.25 bits per heavy atom. The highest BCUT2D eigenvalue weighted by Gasteiger charge is 2.20. The Balaban J connectivity index is 2.38. The molecule has 7 heteroatoms. The van der Waals surface area contributed by atoms with Gasteiger partial charge in [-0.15, -0.1) is 11.3 Å². The molecule has 0 aliphatic heterocycles. The SMILES string of the molecule is Cc1cccc(C)c1NS(=O)(=O)c1cc(C(=O)O)cs1. The molecule has 0 spiro atoms. The number of hydrogen-bond acceptors (Lipinski definition) is 4. The molecule has 0 bridgehead atoms. The molecule has 0 atom stereocenters. The molecule has 1 aromatic carbocycles. The highest BCUT2D eigenvalue weighted by molar-refractivity contribution is 7.94. The lowest BCUT2D eigenvalue weighted by atomic mass is 10.1. The van der Waals surface area contributed by atoms with Crippen molar-refractivity contribution in [2.45, 2.75) is 18.1 Å². The fraction of sp³-hybridized carbons (Fsp3) is 0.154. The molecule has 0 aliphatic carbocycles. The van der Waals surface area contributed by atoms with Crippen LogP contribution in [0.4, 0.5) is 5.69 Å². The van der Waals surface area contributed by atoms with Gasteiger partial charge < -0.3 is 5.11 Å². The van der Waals surface area contributed by atoms with Gasteiger partial charge >= 0.3 is 5.97 Å². The molecule has 0 amide bonds. The van der Waals surface area contributed by atoms with Gasteiger partial charge in [0.1, 0.15) is 4.21 Å². The summed E-state index contributed by atoms with van der Waals surface area (Å²) in [6.07, 6.45) is 0. The minimum atomic E-state index is -3.77. The van der Waals surface area contributed by atoms with Gasteiger partial charge in [0.2, 0.25) is 0 Å². The van der Waals surface area contributed by atoms with Gasteiger partial charge in [-0.1, -0.05) is 18.2 Å². The standard InChI is InChI=1S/C13H13NO4S2/c1-8-4-3-5-9(2)12(8)14-20(17,18)11-6-10(7-19-11)13(15)16/h3-7,14H,1-2H3,(H,15,16). The van der Waals surface area contributed by atoms with E-state index < -0.39 is 16.0 Å². The normalized spacial score (nSPS) is 11.3. The Bertz CT molecular complexity index is 742. The molecule has 0 radical (unpaired) electrons. The minimum Gasteiger partial charge on any atom is -0.478 e. The zero-order valence-corrected chi connectivity index (χ0v) is 12.5. The van der Waals surface area contributed by atoms with Crippen molar-refractivity contribution < 1.29 is 18.3 Å². The highest BCUT2D eigenvalue weighted by Crippen LogP contribution is 2.26. The van der Waals surface area contributed by atoms with Gasteiger partial charge in [0.25, 0.3) is 10.0 Å². The number of anilines is 1. The van der Waals surface area contributed by atoms with Gasteiger partial charge in [-0.2, -0.15) is 0 Å². The first kappa shape index (κ1) is 14.5. The predicted octanol–water partition coefficient (Wildman–Crippen LogP) is 2.86. The molecule has 2 rings (SSSR count). The van der Waals surface area contributed by atoms with E-state index in [1.165, 1.54) is 5.38 Å². The fourth-order valence-corrected chi connectivity index (χ4v) is 4.09. The second kappa shape index (κ2) is 5.26. The zero-order chi connectivity index (χ0) is 14.9. The third-order valence-corrected chi connectivity index (χ3v) is 5.59. The maximum Gasteiger partial charge on any atom is 0.336 e. The van der Waals surface area contributed by atoms with E-state index in [4.69, 9.17) is 5.11 Å². The molecule has 0 unspecified atom stereocenters. The second-order valence-corrected chi connectivity index (χ2v) is 7.15. The van der Waals surface area contributed by atoms with Gasteiger partial charge in [0, 0.05) is 5.38 Å². The van der Waals surface area contributed by atoms with Gasteiger partial charge in [0.15, 0.2) is 0 Å². The maximum absolute atomic E-state index is 12.2. The lowest BCUT2D eigenvalue weighted by Gasteiger charge is -2.11. The number of sulfonamides is 1. The van der Waals surface area contributed by atoms with Crippen molar-refractivity contribution in [1.29, 1.82) is 0 Å². The molecule has 1 aromatic heterocycles. The molecule has 2 aromatic rings. The van der Waals surface area contributed by atoms with Crippen molar-refractivity contribution in [1.82, 2.24) is 0 Å². The summed E-state index contributed by atoms with van der Waals surface area (Å²) in [5.41, 5.74) is 2.11. The molecule has 0 fully saturated rings.